The average molecular weight is 125 g/mol. The lowest BCUT2D eigenvalue weighted by Gasteiger charge is -2.06. The molecule has 1 rings (SSSR count). The molecule has 0 fully saturated rings. The van der Waals surface area contributed by atoms with Crippen molar-refractivity contribution in [3.63, 3.8) is 0 Å². The minimum Gasteiger partial charge on any atom is -0.416 e. The van der Waals surface area contributed by atoms with Gasteiger partial charge in [-0.1, -0.05) is 0 Å². The number of anilines is 1. The normalized spacial score (nSPS) is 9.67. The summed E-state index contributed by atoms with van der Waals surface area (Å²) in [6.45, 7) is 1.88. The average Bonchev–Trinajstić information content (AvgIpc) is 2.13. The van der Waals surface area contributed by atoms with Crippen LogP contribution in [0.25, 0.3) is 0 Å². The van der Waals surface area contributed by atoms with Crippen molar-refractivity contribution in [1.29, 1.82) is 0 Å². The molecule has 1 heterocycles. The minimum absolute atomic E-state index is 0.773. The van der Waals surface area contributed by atoms with Crippen molar-refractivity contribution in [1.82, 2.24) is 4.98 Å². The second-order valence-corrected chi connectivity index (χ2v) is 2.09. The summed E-state index contributed by atoms with van der Waals surface area (Å²) in [6.07, 6.45) is 2.41. The Labute approximate surface area is 54.3 Å². The topological polar surface area (TPSA) is 29.3 Å². The largest absolute Gasteiger partial charge is 0.416 e. The van der Waals surface area contributed by atoms with Gasteiger partial charge in [0.2, 0.25) is 5.88 Å². The van der Waals surface area contributed by atoms with Crippen molar-refractivity contribution in [2.24, 2.45) is 0 Å². The predicted molar refractivity (Wildman–Crippen MR) is 34.4 cm³/mol. The van der Waals surface area contributed by atoms with E-state index in [-0.39, 0.29) is 0 Å². The monoisotopic (exact) mass is 125 g/mol. The van der Waals surface area contributed by atoms with E-state index in [2.05, 4.69) is 11.4 Å². The lowest BCUT2D eigenvalue weighted by Crippen LogP contribution is -2.08. The van der Waals surface area contributed by atoms with Crippen LogP contribution in [0, 0.1) is 13.3 Å². The summed E-state index contributed by atoms with van der Waals surface area (Å²) in [4.78, 5) is 5.66. The third-order valence-corrected chi connectivity index (χ3v) is 1.07. The van der Waals surface area contributed by atoms with Crippen molar-refractivity contribution in [2.75, 3.05) is 19.0 Å². The molecule has 0 saturated heterocycles. The number of aromatic nitrogens is 1. The molecule has 0 atom stereocenters. The van der Waals surface area contributed by atoms with E-state index in [1.54, 1.807) is 0 Å². The van der Waals surface area contributed by atoms with Crippen molar-refractivity contribution >= 4 is 5.88 Å². The number of rotatable bonds is 1. The van der Waals surface area contributed by atoms with Gasteiger partial charge in [-0.25, -0.2) is 4.98 Å². The zero-order valence-electron chi connectivity index (χ0n) is 5.80. The van der Waals surface area contributed by atoms with Gasteiger partial charge >= 0.3 is 0 Å². The smallest absolute Gasteiger partial charge is 0.285 e. The quantitative estimate of drug-likeness (QED) is 0.557. The first-order valence-corrected chi connectivity index (χ1v) is 2.72. The molecule has 0 aliphatic rings. The van der Waals surface area contributed by atoms with E-state index in [9.17, 15) is 0 Å². The Morgan fingerprint density at radius 2 is 2.22 bits per heavy atom. The highest BCUT2D eigenvalue weighted by molar-refractivity contribution is 5.36. The van der Waals surface area contributed by atoms with Crippen molar-refractivity contribution < 1.29 is 4.42 Å². The van der Waals surface area contributed by atoms with Crippen LogP contribution in [0.2, 0.25) is 0 Å². The maximum Gasteiger partial charge on any atom is 0.285 e. The summed E-state index contributed by atoms with van der Waals surface area (Å²) >= 11 is 0. The zero-order valence-corrected chi connectivity index (χ0v) is 5.80. The highest BCUT2D eigenvalue weighted by Gasteiger charge is 2.03. The fourth-order valence-electron chi connectivity index (χ4n) is 0.671. The number of hydrogen-bond acceptors (Lipinski definition) is 3. The van der Waals surface area contributed by atoms with Gasteiger partial charge in [-0.2, -0.15) is 0 Å². The minimum atomic E-state index is 0.773. The van der Waals surface area contributed by atoms with E-state index in [4.69, 9.17) is 4.42 Å². The molecule has 0 saturated carbocycles. The van der Waals surface area contributed by atoms with Gasteiger partial charge in [0.15, 0.2) is 0 Å². The van der Waals surface area contributed by atoms with E-state index >= 15 is 0 Å². The second kappa shape index (κ2) is 2.09. The van der Waals surface area contributed by atoms with E-state index < -0.39 is 0 Å². The summed E-state index contributed by atoms with van der Waals surface area (Å²) in [7, 11) is 3.81. The molecular weight excluding hydrogens is 116 g/mol. The van der Waals surface area contributed by atoms with Crippen molar-refractivity contribution in [2.45, 2.75) is 6.92 Å². The zero-order chi connectivity index (χ0) is 6.85. The maximum absolute atomic E-state index is 4.92. The standard InChI is InChI=1S/C6H9N2O/c1-5-6(8(2)3)9-4-7-5/h1-3H3. The van der Waals surface area contributed by atoms with Crippen LogP contribution in [-0.4, -0.2) is 19.1 Å². The molecule has 3 heteroatoms. The van der Waals surface area contributed by atoms with Gasteiger partial charge in [-0.15, -0.1) is 0 Å². The fourth-order valence-corrected chi connectivity index (χ4v) is 0.671. The Hall–Kier alpha value is -0.990. The fraction of sp³-hybridized carbons (Fsp3) is 0.500. The van der Waals surface area contributed by atoms with Gasteiger partial charge in [0.05, 0.1) is 0 Å². The lowest BCUT2D eigenvalue weighted by atomic mass is 10.5. The second-order valence-electron chi connectivity index (χ2n) is 2.09. The molecule has 0 amide bonds. The molecule has 0 spiro atoms. The van der Waals surface area contributed by atoms with Crippen LogP contribution in [-0.2, 0) is 0 Å². The summed E-state index contributed by atoms with van der Waals surface area (Å²) < 4.78 is 4.92. The van der Waals surface area contributed by atoms with Crippen LogP contribution in [0.1, 0.15) is 5.69 Å². The Kier molecular flexibility index (Phi) is 1.42. The van der Waals surface area contributed by atoms with E-state index in [0.29, 0.717) is 0 Å². The first-order valence-electron chi connectivity index (χ1n) is 2.72. The predicted octanol–water partition coefficient (Wildman–Crippen LogP) is 0.849. The van der Waals surface area contributed by atoms with Crippen molar-refractivity contribution in [3.8, 4) is 0 Å². The molecule has 1 radical (unpaired) electrons. The van der Waals surface area contributed by atoms with Crippen LogP contribution in [0.4, 0.5) is 5.88 Å². The molecule has 0 aromatic carbocycles. The van der Waals surface area contributed by atoms with Gasteiger partial charge in [-0.05, 0) is 6.92 Å². The maximum atomic E-state index is 4.92. The molecule has 1 aromatic heterocycles. The van der Waals surface area contributed by atoms with Crippen LogP contribution in [0.5, 0.6) is 0 Å². The van der Waals surface area contributed by atoms with E-state index in [0.717, 1.165) is 11.6 Å². The first-order chi connectivity index (χ1) is 4.22. The SMILES string of the molecule is Cc1n[c]oc1N(C)C. The molecule has 9 heavy (non-hydrogen) atoms. The molecule has 49 valence electrons. The molecule has 0 aliphatic carbocycles. The molecule has 3 nitrogen and oxygen atoms in total. The van der Waals surface area contributed by atoms with Gasteiger partial charge < -0.3 is 9.32 Å². The first kappa shape index (κ1) is 6.13. The molecule has 0 bridgehead atoms. The summed E-state index contributed by atoms with van der Waals surface area (Å²) in [5.74, 6) is 0.773. The third kappa shape index (κ3) is 1.04. The third-order valence-electron chi connectivity index (χ3n) is 1.07. The Balaban J connectivity index is 2.94. The van der Waals surface area contributed by atoms with E-state index in [1.807, 2.05) is 25.9 Å². The van der Waals surface area contributed by atoms with Gasteiger partial charge in [0.1, 0.15) is 5.69 Å². The van der Waals surface area contributed by atoms with Crippen LogP contribution in [0.15, 0.2) is 4.42 Å². The molecule has 0 aliphatic heterocycles. The Bertz CT molecular complexity index is 193. The van der Waals surface area contributed by atoms with Gasteiger partial charge in [-0.3, -0.25) is 0 Å². The summed E-state index contributed by atoms with van der Waals surface area (Å²) in [5.41, 5.74) is 0.875. The molecule has 0 unspecified atom stereocenters. The van der Waals surface area contributed by atoms with Crippen LogP contribution in [0.3, 0.4) is 0 Å². The molecule has 1 aromatic rings. The number of aryl methyl sites for hydroxylation is 1. The van der Waals surface area contributed by atoms with Crippen molar-refractivity contribution in [3.05, 3.63) is 12.1 Å². The number of nitrogens with zero attached hydrogens (tertiary/aromatic N) is 2. The summed E-state index contributed by atoms with van der Waals surface area (Å²) in [6, 6.07) is 0. The number of hydrogen-bond donors (Lipinski definition) is 0. The lowest BCUT2D eigenvalue weighted by molar-refractivity contribution is 0.546. The van der Waals surface area contributed by atoms with Gasteiger partial charge in [0.25, 0.3) is 6.39 Å². The summed E-state index contributed by atoms with van der Waals surface area (Å²) in [5, 5.41) is 0. The van der Waals surface area contributed by atoms with Gasteiger partial charge in [0, 0.05) is 14.1 Å². The van der Waals surface area contributed by atoms with Crippen LogP contribution >= 0.6 is 0 Å². The van der Waals surface area contributed by atoms with Crippen LogP contribution < -0.4 is 4.90 Å². The highest BCUT2D eigenvalue weighted by atomic mass is 16.4. The molecular formula is C6H9N2O. The Morgan fingerprint density at radius 1 is 1.56 bits per heavy atom. The Morgan fingerprint density at radius 3 is 2.44 bits per heavy atom. The molecule has 0 N–H and O–H groups in total. The van der Waals surface area contributed by atoms with E-state index in [1.165, 1.54) is 0 Å². The highest BCUT2D eigenvalue weighted by Crippen LogP contribution is 2.13. The number of oxazole rings is 1.